The lowest BCUT2D eigenvalue weighted by Gasteiger charge is -2.32. The number of hydrogen-bond acceptors (Lipinski definition) is 6. The van der Waals surface area contributed by atoms with Crippen molar-refractivity contribution < 1.29 is 17.9 Å². The molecular formula is C14H19N3O4S. The van der Waals surface area contributed by atoms with E-state index >= 15 is 0 Å². The summed E-state index contributed by atoms with van der Waals surface area (Å²) in [5, 5.41) is 9.04. The van der Waals surface area contributed by atoms with Crippen LogP contribution in [0, 0.1) is 11.3 Å². The highest BCUT2D eigenvalue weighted by Gasteiger charge is 2.32. The Kier molecular flexibility index (Phi) is 5.47. The van der Waals surface area contributed by atoms with Gasteiger partial charge in [0.2, 0.25) is 10.0 Å². The van der Waals surface area contributed by atoms with Crippen molar-refractivity contribution in [2.24, 2.45) is 0 Å². The fourth-order valence-corrected chi connectivity index (χ4v) is 3.68. The van der Waals surface area contributed by atoms with Crippen molar-refractivity contribution in [2.45, 2.75) is 31.0 Å². The molecule has 0 radical (unpaired) electrons. The van der Waals surface area contributed by atoms with E-state index in [2.05, 4.69) is 4.98 Å². The largest absolute Gasteiger partial charge is 0.376 e. The molecule has 8 heteroatoms. The maximum atomic E-state index is 12.7. The van der Waals surface area contributed by atoms with Crippen molar-refractivity contribution in [3.63, 3.8) is 0 Å². The molecular weight excluding hydrogens is 306 g/mol. The third-order valence-electron chi connectivity index (χ3n) is 3.21. The molecule has 120 valence electrons. The van der Waals surface area contributed by atoms with Crippen LogP contribution >= 0.6 is 0 Å². The van der Waals surface area contributed by atoms with Gasteiger partial charge in [0.25, 0.3) is 0 Å². The first kappa shape index (κ1) is 16.8. The van der Waals surface area contributed by atoms with Crippen molar-refractivity contribution >= 4 is 10.0 Å². The molecule has 1 saturated heterocycles. The van der Waals surface area contributed by atoms with E-state index in [4.69, 9.17) is 14.7 Å². The van der Waals surface area contributed by atoms with Crippen LogP contribution in [0.2, 0.25) is 0 Å². The Balaban J connectivity index is 2.17. The van der Waals surface area contributed by atoms with E-state index in [1.54, 1.807) is 0 Å². The monoisotopic (exact) mass is 325 g/mol. The predicted octanol–water partition coefficient (Wildman–Crippen LogP) is 0.768. The van der Waals surface area contributed by atoms with Crippen LogP contribution in [-0.2, 0) is 19.5 Å². The summed E-state index contributed by atoms with van der Waals surface area (Å²) < 4.78 is 37.7. The van der Waals surface area contributed by atoms with E-state index < -0.39 is 10.0 Å². The molecule has 0 spiro atoms. The zero-order valence-corrected chi connectivity index (χ0v) is 13.4. The molecule has 0 bridgehead atoms. The van der Waals surface area contributed by atoms with Gasteiger partial charge in [-0.15, -0.1) is 0 Å². The van der Waals surface area contributed by atoms with E-state index in [1.807, 2.05) is 19.9 Å². The number of nitrogens with zero attached hydrogens (tertiary/aromatic N) is 3. The molecule has 1 fully saturated rings. The summed E-state index contributed by atoms with van der Waals surface area (Å²) in [7, 11) is -3.76. The summed E-state index contributed by atoms with van der Waals surface area (Å²) in [6, 6.07) is 4.73. The second-order valence-corrected chi connectivity index (χ2v) is 7.11. The molecule has 2 heterocycles. The zero-order chi connectivity index (χ0) is 16.2. The second kappa shape index (κ2) is 7.15. The summed E-state index contributed by atoms with van der Waals surface area (Å²) in [5.74, 6) is 0. The molecule has 0 aromatic carbocycles. The first-order valence-corrected chi connectivity index (χ1v) is 8.47. The lowest BCUT2D eigenvalue weighted by atomic mass is 10.3. The Hall–Kier alpha value is -1.53. The lowest BCUT2D eigenvalue weighted by Crippen LogP contribution is -2.47. The van der Waals surface area contributed by atoms with Gasteiger partial charge in [0.1, 0.15) is 11.0 Å². The van der Waals surface area contributed by atoms with Crippen LogP contribution in [-0.4, -0.2) is 56.2 Å². The molecule has 1 unspecified atom stereocenters. The fraction of sp³-hybridized carbons (Fsp3) is 0.571. The van der Waals surface area contributed by atoms with E-state index in [1.165, 1.54) is 22.6 Å². The number of rotatable bonds is 5. The van der Waals surface area contributed by atoms with Gasteiger partial charge in [-0.3, -0.25) is 0 Å². The first-order chi connectivity index (χ1) is 10.4. The number of pyridine rings is 1. The van der Waals surface area contributed by atoms with Gasteiger partial charge in [-0.25, -0.2) is 13.4 Å². The second-order valence-electron chi connectivity index (χ2n) is 5.20. The third-order valence-corrected chi connectivity index (χ3v) is 5.11. The quantitative estimate of drug-likeness (QED) is 0.794. The van der Waals surface area contributed by atoms with Crippen LogP contribution in [0.3, 0.4) is 0 Å². The van der Waals surface area contributed by atoms with Crippen molar-refractivity contribution in [1.82, 2.24) is 9.29 Å². The number of nitriles is 1. The maximum Gasteiger partial charge on any atom is 0.246 e. The molecule has 1 atom stereocenters. The Labute approximate surface area is 130 Å². The molecule has 2 rings (SSSR count). The molecule has 7 nitrogen and oxygen atoms in total. The molecule has 0 amide bonds. The minimum absolute atomic E-state index is 0.0547. The van der Waals surface area contributed by atoms with Gasteiger partial charge in [0, 0.05) is 19.3 Å². The van der Waals surface area contributed by atoms with Gasteiger partial charge in [-0.05, 0) is 26.0 Å². The van der Waals surface area contributed by atoms with Gasteiger partial charge in [0.15, 0.2) is 5.69 Å². The lowest BCUT2D eigenvalue weighted by molar-refractivity contribution is -0.0637. The number of aromatic nitrogens is 1. The van der Waals surface area contributed by atoms with Crippen molar-refractivity contribution in [1.29, 1.82) is 5.26 Å². The Morgan fingerprint density at radius 1 is 1.59 bits per heavy atom. The normalized spacial score (nSPS) is 20.0. The van der Waals surface area contributed by atoms with Gasteiger partial charge in [-0.1, -0.05) is 0 Å². The highest BCUT2D eigenvalue weighted by Crippen LogP contribution is 2.20. The van der Waals surface area contributed by atoms with Gasteiger partial charge < -0.3 is 9.47 Å². The summed E-state index contributed by atoms with van der Waals surface area (Å²) in [5.41, 5.74) is -0.0935. The summed E-state index contributed by atoms with van der Waals surface area (Å²) in [6.07, 6.45) is 1.14. The van der Waals surface area contributed by atoms with E-state index in [9.17, 15) is 8.42 Å². The van der Waals surface area contributed by atoms with Crippen LogP contribution in [0.25, 0.3) is 0 Å². The Bertz CT molecular complexity index is 654. The smallest absolute Gasteiger partial charge is 0.246 e. The number of hydrogen-bond donors (Lipinski definition) is 0. The van der Waals surface area contributed by atoms with Crippen molar-refractivity contribution in [3.05, 3.63) is 24.0 Å². The van der Waals surface area contributed by atoms with Crippen molar-refractivity contribution in [3.8, 4) is 6.07 Å². The van der Waals surface area contributed by atoms with E-state index in [-0.39, 0.29) is 35.9 Å². The average Bonchev–Trinajstić information content (AvgIpc) is 2.53. The topological polar surface area (TPSA) is 92.5 Å². The zero-order valence-electron chi connectivity index (χ0n) is 12.6. The third kappa shape index (κ3) is 3.81. The molecule has 1 aliphatic heterocycles. The summed E-state index contributed by atoms with van der Waals surface area (Å²) >= 11 is 0. The highest BCUT2D eigenvalue weighted by molar-refractivity contribution is 7.89. The minimum atomic E-state index is -3.76. The Morgan fingerprint density at radius 3 is 3.05 bits per heavy atom. The molecule has 0 N–H and O–H groups in total. The molecule has 0 aliphatic carbocycles. The number of ether oxygens (including phenoxy) is 2. The minimum Gasteiger partial charge on any atom is -0.376 e. The Morgan fingerprint density at radius 2 is 2.36 bits per heavy atom. The van der Waals surface area contributed by atoms with Crippen LogP contribution in [0.5, 0.6) is 0 Å². The maximum absolute atomic E-state index is 12.7. The number of sulfonamides is 1. The van der Waals surface area contributed by atoms with Crippen LogP contribution in [0.4, 0.5) is 0 Å². The standard InChI is InChI=1S/C14H19N3O4S/c1-11(2)21-10-12-9-17(6-7-20-12)22(18,19)14-4-3-5-16-13(14)8-15/h3-5,11-12H,6-7,9-10H2,1-2H3. The summed E-state index contributed by atoms with van der Waals surface area (Å²) in [4.78, 5) is 3.75. The SMILES string of the molecule is CC(C)OCC1CN(S(=O)(=O)c2cccnc2C#N)CCO1. The first-order valence-electron chi connectivity index (χ1n) is 7.03. The number of morpholine rings is 1. The van der Waals surface area contributed by atoms with Crippen LogP contribution in [0.1, 0.15) is 19.5 Å². The average molecular weight is 325 g/mol. The molecule has 1 aromatic heterocycles. The van der Waals surface area contributed by atoms with Crippen LogP contribution in [0.15, 0.2) is 23.2 Å². The van der Waals surface area contributed by atoms with Gasteiger partial charge in [0.05, 0.1) is 25.4 Å². The summed E-state index contributed by atoms with van der Waals surface area (Å²) in [6.45, 7) is 4.91. The highest BCUT2D eigenvalue weighted by atomic mass is 32.2. The predicted molar refractivity (Wildman–Crippen MR) is 78.5 cm³/mol. The van der Waals surface area contributed by atoms with Crippen molar-refractivity contribution in [2.75, 3.05) is 26.3 Å². The van der Waals surface area contributed by atoms with Crippen LogP contribution < -0.4 is 0 Å². The fourth-order valence-electron chi connectivity index (χ4n) is 2.13. The molecule has 1 aromatic rings. The van der Waals surface area contributed by atoms with E-state index in [0.29, 0.717) is 13.2 Å². The van der Waals surface area contributed by atoms with Gasteiger partial charge in [-0.2, -0.15) is 9.57 Å². The van der Waals surface area contributed by atoms with Gasteiger partial charge >= 0.3 is 0 Å². The van der Waals surface area contributed by atoms with E-state index in [0.717, 1.165) is 0 Å². The molecule has 1 aliphatic rings. The molecule has 22 heavy (non-hydrogen) atoms. The molecule has 0 saturated carbocycles.